The van der Waals surface area contributed by atoms with E-state index >= 15 is 0 Å². The van der Waals surface area contributed by atoms with Crippen molar-refractivity contribution in [1.29, 1.82) is 0 Å². The molecule has 1 aliphatic heterocycles. The van der Waals surface area contributed by atoms with Gasteiger partial charge in [0.15, 0.2) is 0 Å². The summed E-state index contributed by atoms with van der Waals surface area (Å²) in [6.45, 7) is 2.95. The van der Waals surface area contributed by atoms with Crippen LogP contribution in [-0.2, 0) is 9.53 Å². The van der Waals surface area contributed by atoms with E-state index in [2.05, 4.69) is 18.0 Å². The van der Waals surface area contributed by atoms with Gasteiger partial charge in [-0.3, -0.25) is 4.79 Å². The van der Waals surface area contributed by atoms with E-state index in [-0.39, 0.29) is 11.9 Å². The van der Waals surface area contributed by atoms with Crippen molar-refractivity contribution in [3.63, 3.8) is 0 Å². The maximum absolute atomic E-state index is 11.7. The maximum Gasteiger partial charge on any atom is 0.313 e. The van der Waals surface area contributed by atoms with Gasteiger partial charge in [-0.1, -0.05) is 12.1 Å². The molecule has 1 aliphatic rings. The Balaban J connectivity index is 2.50. The van der Waals surface area contributed by atoms with Gasteiger partial charge in [0.05, 0.1) is 13.0 Å². The molecule has 0 saturated carbocycles. The zero-order valence-corrected chi connectivity index (χ0v) is 9.99. The second-order valence-corrected chi connectivity index (χ2v) is 4.29. The van der Waals surface area contributed by atoms with Crippen molar-refractivity contribution in [1.82, 2.24) is 0 Å². The van der Waals surface area contributed by atoms with Crippen LogP contribution in [0.4, 0.5) is 5.69 Å². The minimum atomic E-state index is -0.122. The predicted molar refractivity (Wildman–Crippen MR) is 63.8 cm³/mol. The molecule has 3 heteroatoms. The van der Waals surface area contributed by atoms with E-state index in [4.69, 9.17) is 4.74 Å². The first-order chi connectivity index (χ1) is 7.65. The molecule has 16 heavy (non-hydrogen) atoms. The Hall–Kier alpha value is -1.51. The molecule has 3 nitrogen and oxygen atoms in total. The fraction of sp³-hybridized carbons (Fsp3) is 0.462. The summed E-state index contributed by atoms with van der Waals surface area (Å²) in [4.78, 5) is 13.9. The number of nitrogens with zero attached hydrogens (tertiary/aromatic N) is 1. The third-order valence-electron chi connectivity index (χ3n) is 3.30. The van der Waals surface area contributed by atoms with Crippen LogP contribution in [-0.4, -0.2) is 26.7 Å². The zero-order chi connectivity index (χ0) is 11.7. The van der Waals surface area contributed by atoms with Crippen molar-refractivity contribution >= 4 is 11.7 Å². The van der Waals surface area contributed by atoms with E-state index in [1.165, 1.54) is 12.7 Å². The molecule has 86 valence electrons. The highest BCUT2D eigenvalue weighted by molar-refractivity contribution is 5.82. The first-order valence-electron chi connectivity index (χ1n) is 5.53. The Bertz CT molecular complexity index is 414. The number of carbonyl (C=O) groups excluding carboxylic acids is 1. The topological polar surface area (TPSA) is 29.5 Å². The van der Waals surface area contributed by atoms with Crippen molar-refractivity contribution in [2.24, 2.45) is 0 Å². The van der Waals surface area contributed by atoms with Crippen LogP contribution in [0.25, 0.3) is 0 Å². The molecule has 1 aromatic carbocycles. The van der Waals surface area contributed by atoms with Gasteiger partial charge >= 0.3 is 5.97 Å². The van der Waals surface area contributed by atoms with Crippen molar-refractivity contribution in [2.75, 3.05) is 25.6 Å². The third-order valence-corrected chi connectivity index (χ3v) is 3.30. The van der Waals surface area contributed by atoms with Crippen LogP contribution in [0.3, 0.4) is 0 Å². The number of fused-ring (bicyclic) bond motifs is 1. The molecule has 1 unspecified atom stereocenters. The van der Waals surface area contributed by atoms with E-state index in [9.17, 15) is 4.79 Å². The Kier molecular flexibility index (Phi) is 2.86. The fourth-order valence-corrected chi connectivity index (χ4v) is 2.42. The first kappa shape index (κ1) is 11.0. The molecular formula is C13H17NO2. The van der Waals surface area contributed by atoms with Gasteiger partial charge in [0.25, 0.3) is 0 Å². The molecule has 0 aromatic heterocycles. The SMILES string of the molecule is COC(=O)C1CCN(C)c2cccc(C)c21. The molecule has 0 saturated heterocycles. The average Bonchev–Trinajstić information content (AvgIpc) is 2.30. The van der Waals surface area contributed by atoms with Crippen molar-refractivity contribution in [3.8, 4) is 0 Å². The second-order valence-electron chi connectivity index (χ2n) is 4.29. The molecule has 0 spiro atoms. The quantitative estimate of drug-likeness (QED) is 0.677. The fourth-order valence-electron chi connectivity index (χ4n) is 2.42. The van der Waals surface area contributed by atoms with Crippen LogP contribution in [0.15, 0.2) is 18.2 Å². The summed E-state index contributed by atoms with van der Waals surface area (Å²) in [5.74, 6) is -0.221. The largest absolute Gasteiger partial charge is 0.469 e. The van der Waals surface area contributed by atoms with Crippen LogP contribution in [0.1, 0.15) is 23.5 Å². The number of carbonyl (C=O) groups is 1. The molecule has 1 atom stereocenters. The summed E-state index contributed by atoms with van der Waals surface area (Å²) in [6.07, 6.45) is 0.834. The minimum Gasteiger partial charge on any atom is -0.469 e. The van der Waals surface area contributed by atoms with Crippen LogP contribution >= 0.6 is 0 Å². The number of methoxy groups -OCH3 is 1. The summed E-state index contributed by atoms with van der Waals surface area (Å²) < 4.78 is 4.88. The van der Waals surface area contributed by atoms with Gasteiger partial charge < -0.3 is 9.64 Å². The van der Waals surface area contributed by atoms with Gasteiger partial charge in [-0.15, -0.1) is 0 Å². The molecule has 0 fully saturated rings. The summed E-state index contributed by atoms with van der Waals surface area (Å²) in [5.41, 5.74) is 3.45. The van der Waals surface area contributed by atoms with E-state index < -0.39 is 0 Å². The molecule has 0 N–H and O–H groups in total. The lowest BCUT2D eigenvalue weighted by atomic mass is 9.87. The van der Waals surface area contributed by atoms with Crippen LogP contribution in [0, 0.1) is 6.92 Å². The van der Waals surface area contributed by atoms with Crippen molar-refractivity contribution in [2.45, 2.75) is 19.3 Å². The maximum atomic E-state index is 11.7. The van der Waals surface area contributed by atoms with E-state index in [0.717, 1.165) is 24.2 Å². The number of hydrogen-bond acceptors (Lipinski definition) is 3. The van der Waals surface area contributed by atoms with Gasteiger partial charge in [-0.2, -0.15) is 0 Å². The third kappa shape index (κ3) is 1.66. The Morgan fingerprint density at radius 3 is 2.94 bits per heavy atom. The molecular weight excluding hydrogens is 202 g/mol. The molecule has 1 aromatic rings. The number of rotatable bonds is 1. The van der Waals surface area contributed by atoms with Crippen molar-refractivity contribution < 1.29 is 9.53 Å². The number of hydrogen-bond donors (Lipinski definition) is 0. The smallest absolute Gasteiger partial charge is 0.313 e. The first-order valence-corrected chi connectivity index (χ1v) is 5.53. The molecule has 0 bridgehead atoms. The number of benzene rings is 1. The molecule has 0 amide bonds. The number of anilines is 1. The van der Waals surface area contributed by atoms with Gasteiger partial charge in [-0.25, -0.2) is 0 Å². The predicted octanol–water partition coefficient (Wildman–Crippen LogP) is 2.09. The minimum absolute atomic E-state index is 0.0996. The van der Waals surface area contributed by atoms with Crippen molar-refractivity contribution in [3.05, 3.63) is 29.3 Å². The monoisotopic (exact) mass is 219 g/mol. The zero-order valence-electron chi connectivity index (χ0n) is 9.99. The molecule has 0 aliphatic carbocycles. The standard InChI is InChI=1S/C13H17NO2/c1-9-5-4-6-11-12(9)10(13(15)16-3)7-8-14(11)2/h4-6,10H,7-8H2,1-3H3. The van der Waals surface area contributed by atoms with E-state index in [0.29, 0.717) is 0 Å². The highest BCUT2D eigenvalue weighted by Gasteiger charge is 2.30. The lowest BCUT2D eigenvalue weighted by molar-refractivity contribution is -0.142. The van der Waals surface area contributed by atoms with E-state index in [1.54, 1.807) is 0 Å². The highest BCUT2D eigenvalue weighted by Crippen LogP contribution is 2.37. The van der Waals surface area contributed by atoms with Crippen LogP contribution < -0.4 is 4.90 Å². The number of aryl methyl sites for hydroxylation is 1. The number of ether oxygens (including phenoxy) is 1. The Morgan fingerprint density at radius 2 is 2.25 bits per heavy atom. The summed E-state index contributed by atoms with van der Waals surface area (Å²) >= 11 is 0. The second kappa shape index (κ2) is 4.16. The van der Waals surface area contributed by atoms with Crippen LogP contribution in [0.5, 0.6) is 0 Å². The van der Waals surface area contributed by atoms with Gasteiger partial charge in [0.2, 0.25) is 0 Å². The Morgan fingerprint density at radius 1 is 1.50 bits per heavy atom. The van der Waals surface area contributed by atoms with Crippen LogP contribution in [0.2, 0.25) is 0 Å². The number of esters is 1. The van der Waals surface area contributed by atoms with Gasteiger partial charge in [0.1, 0.15) is 0 Å². The van der Waals surface area contributed by atoms with Gasteiger partial charge in [0, 0.05) is 19.3 Å². The lowest BCUT2D eigenvalue weighted by Gasteiger charge is -2.33. The summed E-state index contributed by atoms with van der Waals surface area (Å²) in [5, 5.41) is 0. The van der Waals surface area contributed by atoms with E-state index in [1.807, 2.05) is 19.1 Å². The highest BCUT2D eigenvalue weighted by atomic mass is 16.5. The molecule has 0 radical (unpaired) electrons. The summed E-state index contributed by atoms with van der Waals surface area (Å²) in [7, 11) is 3.52. The molecule has 1 heterocycles. The normalized spacial score (nSPS) is 19.2. The lowest BCUT2D eigenvalue weighted by Crippen LogP contribution is -2.31. The summed E-state index contributed by atoms with van der Waals surface area (Å²) in [6, 6.07) is 6.15. The molecule has 2 rings (SSSR count). The van der Waals surface area contributed by atoms with Gasteiger partial charge in [-0.05, 0) is 30.5 Å². The Labute approximate surface area is 96.0 Å². The average molecular weight is 219 g/mol.